The van der Waals surface area contributed by atoms with Gasteiger partial charge in [0.2, 0.25) is 5.91 Å². The van der Waals surface area contributed by atoms with Gasteiger partial charge in [0.25, 0.3) is 5.91 Å². The van der Waals surface area contributed by atoms with Gasteiger partial charge in [-0.25, -0.2) is 0 Å². The molecule has 0 bridgehead atoms. The first kappa shape index (κ1) is 17.7. The molecule has 3 heterocycles. The Labute approximate surface area is 144 Å². The van der Waals surface area contributed by atoms with Crippen molar-refractivity contribution in [1.82, 2.24) is 9.80 Å². The topological polar surface area (TPSA) is 70.1 Å². The first-order chi connectivity index (χ1) is 11.5. The molecule has 3 rings (SSSR count). The van der Waals surface area contributed by atoms with E-state index in [0.717, 1.165) is 51.9 Å². The molecule has 6 nitrogen and oxygen atoms in total. The molecule has 0 aliphatic carbocycles. The van der Waals surface area contributed by atoms with E-state index in [1.54, 1.807) is 4.90 Å². The predicted molar refractivity (Wildman–Crippen MR) is 89.3 cm³/mol. The lowest BCUT2D eigenvalue weighted by molar-refractivity contribution is -0.150. The second-order valence-corrected chi connectivity index (χ2v) is 7.61. The molecule has 0 radical (unpaired) electrons. The summed E-state index contributed by atoms with van der Waals surface area (Å²) >= 11 is 0. The van der Waals surface area contributed by atoms with E-state index in [1.807, 2.05) is 6.92 Å². The molecule has 1 unspecified atom stereocenters. The summed E-state index contributed by atoms with van der Waals surface area (Å²) < 4.78 is 5.43. The molecule has 3 fully saturated rings. The van der Waals surface area contributed by atoms with Gasteiger partial charge in [0.1, 0.15) is 6.10 Å². The Morgan fingerprint density at radius 2 is 1.96 bits per heavy atom. The molecule has 0 aromatic heterocycles. The normalized spacial score (nSPS) is 26.7. The van der Waals surface area contributed by atoms with Crippen LogP contribution in [0, 0.1) is 5.41 Å². The molecule has 2 amide bonds. The number of nitrogens with zero attached hydrogens (tertiary/aromatic N) is 2. The third-order valence-corrected chi connectivity index (χ3v) is 6.13. The Morgan fingerprint density at radius 3 is 2.58 bits per heavy atom. The average Bonchev–Trinajstić information content (AvgIpc) is 2.64. The van der Waals surface area contributed by atoms with Crippen LogP contribution in [-0.2, 0) is 14.3 Å². The Morgan fingerprint density at radius 1 is 1.29 bits per heavy atom. The lowest BCUT2D eigenvalue weighted by Gasteiger charge is -2.50. The first-order valence-electron chi connectivity index (χ1n) is 9.39. The maximum atomic E-state index is 12.4. The van der Waals surface area contributed by atoms with Gasteiger partial charge in [-0.3, -0.25) is 9.59 Å². The zero-order valence-corrected chi connectivity index (χ0v) is 14.7. The van der Waals surface area contributed by atoms with E-state index >= 15 is 0 Å². The number of likely N-dealkylation sites (tertiary alicyclic amines) is 2. The van der Waals surface area contributed by atoms with E-state index < -0.39 is 6.10 Å². The van der Waals surface area contributed by atoms with Crippen molar-refractivity contribution in [2.75, 3.05) is 32.8 Å². The largest absolute Gasteiger partial charge is 0.383 e. The highest BCUT2D eigenvalue weighted by molar-refractivity contribution is 5.80. The summed E-state index contributed by atoms with van der Waals surface area (Å²) in [5.74, 6) is 0.146. The van der Waals surface area contributed by atoms with Gasteiger partial charge >= 0.3 is 0 Å². The number of hydrogen-bond acceptors (Lipinski definition) is 4. The molecule has 0 aromatic rings. The van der Waals surface area contributed by atoms with Crippen molar-refractivity contribution in [2.45, 2.75) is 64.0 Å². The van der Waals surface area contributed by atoms with Crippen LogP contribution in [0.1, 0.15) is 51.9 Å². The molecule has 1 N–H and O–H groups in total. The van der Waals surface area contributed by atoms with Crippen LogP contribution in [0.25, 0.3) is 0 Å². The van der Waals surface area contributed by atoms with Crippen LogP contribution in [-0.4, -0.2) is 71.7 Å². The van der Waals surface area contributed by atoms with E-state index in [9.17, 15) is 14.7 Å². The van der Waals surface area contributed by atoms with Gasteiger partial charge in [0.15, 0.2) is 0 Å². The van der Waals surface area contributed by atoms with Gasteiger partial charge in [0.05, 0.1) is 0 Å². The molecule has 3 saturated heterocycles. The number of carbonyl (C=O) groups excluding carboxylic acids is 2. The van der Waals surface area contributed by atoms with Gasteiger partial charge in [-0.05, 0) is 43.9 Å². The fourth-order valence-corrected chi connectivity index (χ4v) is 4.37. The number of aliphatic hydroxyl groups excluding tert-OH is 1. The van der Waals surface area contributed by atoms with Crippen molar-refractivity contribution in [3.05, 3.63) is 0 Å². The van der Waals surface area contributed by atoms with Crippen molar-refractivity contribution in [2.24, 2.45) is 5.41 Å². The smallest absolute Gasteiger partial charge is 0.251 e. The fourth-order valence-electron chi connectivity index (χ4n) is 4.37. The lowest BCUT2D eigenvalue weighted by Crippen LogP contribution is -2.56. The molecule has 1 spiro atoms. The number of piperidine rings is 2. The zero-order valence-electron chi connectivity index (χ0n) is 14.7. The molecule has 0 saturated carbocycles. The maximum Gasteiger partial charge on any atom is 0.251 e. The Hall–Kier alpha value is -1.14. The van der Waals surface area contributed by atoms with E-state index in [2.05, 4.69) is 4.90 Å². The summed E-state index contributed by atoms with van der Waals surface area (Å²) in [4.78, 5) is 28.5. The summed E-state index contributed by atoms with van der Waals surface area (Å²) in [7, 11) is 0. The summed E-state index contributed by atoms with van der Waals surface area (Å²) in [5.41, 5.74) is 0.153. The monoisotopic (exact) mass is 338 g/mol. The molecular weight excluding hydrogens is 308 g/mol. The first-order valence-corrected chi connectivity index (χ1v) is 9.39. The summed E-state index contributed by atoms with van der Waals surface area (Å²) in [6, 6.07) is 0.324. The van der Waals surface area contributed by atoms with Crippen LogP contribution in [0.15, 0.2) is 0 Å². The second kappa shape index (κ2) is 7.40. The van der Waals surface area contributed by atoms with Crippen LogP contribution < -0.4 is 0 Å². The quantitative estimate of drug-likeness (QED) is 0.838. The van der Waals surface area contributed by atoms with Crippen molar-refractivity contribution in [3.63, 3.8) is 0 Å². The number of rotatable bonds is 3. The van der Waals surface area contributed by atoms with Crippen molar-refractivity contribution >= 4 is 11.8 Å². The van der Waals surface area contributed by atoms with Gasteiger partial charge in [-0.15, -0.1) is 0 Å². The average molecular weight is 338 g/mol. The Kier molecular flexibility index (Phi) is 5.45. The highest BCUT2D eigenvalue weighted by Crippen LogP contribution is 2.41. The van der Waals surface area contributed by atoms with Crippen LogP contribution in [0.2, 0.25) is 0 Å². The number of ether oxygens (including phenoxy) is 1. The summed E-state index contributed by atoms with van der Waals surface area (Å²) in [6.45, 7) is 5.55. The minimum Gasteiger partial charge on any atom is -0.383 e. The highest BCUT2D eigenvalue weighted by atomic mass is 16.5. The lowest BCUT2D eigenvalue weighted by atomic mass is 9.71. The molecule has 3 aliphatic heterocycles. The standard InChI is InChI=1S/C18H30N2O4/c1-2-15(21)17(23)19-9-7-18(8-10-19)6-3-16(22)20(13-18)14-4-11-24-12-5-14/h14-15,21H,2-13H2,1H3. The minimum atomic E-state index is -0.870. The van der Waals surface area contributed by atoms with Crippen LogP contribution in [0.4, 0.5) is 0 Å². The SMILES string of the molecule is CCC(O)C(=O)N1CCC2(CCC(=O)N(C3CCOCC3)C2)CC1. The Bertz CT molecular complexity index is 468. The number of carbonyl (C=O) groups is 2. The van der Waals surface area contributed by atoms with E-state index in [4.69, 9.17) is 4.74 Å². The van der Waals surface area contributed by atoms with Crippen LogP contribution >= 0.6 is 0 Å². The number of aliphatic hydroxyl groups is 1. The van der Waals surface area contributed by atoms with Gasteiger partial charge in [-0.2, -0.15) is 0 Å². The predicted octanol–water partition coefficient (Wildman–Crippen LogP) is 1.17. The molecule has 6 heteroatoms. The number of hydrogen-bond donors (Lipinski definition) is 1. The zero-order chi connectivity index (χ0) is 17.2. The van der Waals surface area contributed by atoms with Gasteiger partial charge in [-0.1, -0.05) is 6.92 Å². The molecule has 136 valence electrons. The second-order valence-electron chi connectivity index (χ2n) is 7.61. The molecule has 1 atom stereocenters. The molecule has 0 aromatic carbocycles. The highest BCUT2D eigenvalue weighted by Gasteiger charge is 2.43. The van der Waals surface area contributed by atoms with Crippen LogP contribution in [0.5, 0.6) is 0 Å². The van der Waals surface area contributed by atoms with Crippen molar-refractivity contribution in [3.8, 4) is 0 Å². The van der Waals surface area contributed by atoms with E-state index in [0.29, 0.717) is 32.0 Å². The summed E-state index contributed by atoms with van der Waals surface area (Å²) in [6.07, 6.45) is 4.90. The van der Waals surface area contributed by atoms with Crippen LogP contribution in [0.3, 0.4) is 0 Å². The molecule has 24 heavy (non-hydrogen) atoms. The number of amides is 2. The maximum absolute atomic E-state index is 12.4. The fraction of sp³-hybridized carbons (Fsp3) is 0.889. The summed E-state index contributed by atoms with van der Waals surface area (Å²) in [5, 5.41) is 9.77. The minimum absolute atomic E-state index is 0.138. The van der Waals surface area contributed by atoms with Crippen molar-refractivity contribution < 1.29 is 19.4 Å². The van der Waals surface area contributed by atoms with Crippen molar-refractivity contribution in [1.29, 1.82) is 0 Å². The van der Waals surface area contributed by atoms with E-state index in [1.165, 1.54) is 0 Å². The Balaban J connectivity index is 1.60. The van der Waals surface area contributed by atoms with Gasteiger partial charge < -0.3 is 19.6 Å². The molecular formula is C18H30N2O4. The third-order valence-electron chi connectivity index (χ3n) is 6.13. The molecule has 3 aliphatic rings. The third kappa shape index (κ3) is 3.59. The van der Waals surface area contributed by atoms with E-state index in [-0.39, 0.29) is 17.2 Å². The van der Waals surface area contributed by atoms with Gasteiger partial charge in [0, 0.05) is 45.3 Å².